The molecule has 2 N–H and O–H groups in total. The predicted octanol–water partition coefficient (Wildman–Crippen LogP) is 1.61. The van der Waals surface area contributed by atoms with Gasteiger partial charge in [-0.3, -0.25) is 14.5 Å². The quantitative estimate of drug-likeness (QED) is 0.724. The molecule has 140 valence electrons. The van der Waals surface area contributed by atoms with E-state index >= 15 is 0 Å². The topological polar surface area (TPSA) is 87.7 Å². The third-order valence-corrected chi connectivity index (χ3v) is 5.00. The van der Waals surface area contributed by atoms with Crippen LogP contribution in [0.1, 0.15) is 37.7 Å². The highest BCUT2D eigenvalue weighted by Crippen LogP contribution is 2.18. The Morgan fingerprint density at radius 2 is 1.92 bits per heavy atom. The number of carbonyl (C=O) groups is 3. The van der Waals surface area contributed by atoms with E-state index in [0.717, 1.165) is 37.0 Å². The zero-order chi connectivity index (χ0) is 18.5. The Labute approximate surface area is 153 Å². The minimum absolute atomic E-state index is 0.000108. The zero-order valence-corrected chi connectivity index (χ0v) is 15.0. The minimum Gasteiger partial charge on any atom is -0.497 e. The van der Waals surface area contributed by atoms with Gasteiger partial charge in [0.1, 0.15) is 11.8 Å². The van der Waals surface area contributed by atoms with Crippen molar-refractivity contribution in [1.29, 1.82) is 0 Å². The molecule has 1 saturated carbocycles. The van der Waals surface area contributed by atoms with Crippen LogP contribution in [-0.2, 0) is 16.0 Å². The maximum Gasteiger partial charge on any atom is 0.324 e. The molecule has 0 bridgehead atoms. The van der Waals surface area contributed by atoms with Crippen LogP contribution in [0.5, 0.6) is 5.75 Å². The standard InChI is InChI=1S/C19H25N3O4/c1-26-15-8-6-13(7-9-15)10-11-22-18(24)16(21-19(22)25)12-17(23)20-14-4-2-3-5-14/h6-9,14,16H,2-5,10-12H2,1H3,(H,20,23)(H,21,25)/t16-/m0/s1. The van der Waals surface area contributed by atoms with E-state index in [-0.39, 0.29) is 30.8 Å². The first kappa shape index (κ1) is 18.2. The number of amides is 4. The first-order chi connectivity index (χ1) is 12.6. The lowest BCUT2D eigenvalue weighted by Gasteiger charge is -2.15. The van der Waals surface area contributed by atoms with Crippen molar-refractivity contribution in [2.75, 3.05) is 13.7 Å². The lowest BCUT2D eigenvalue weighted by atomic mass is 10.1. The number of methoxy groups -OCH3 is 1. The molecule has 2 aliphatic rings. The van der Waals surface area contributed by atoms with Crippen molar-refractivity contribution in [3.8, 4) is 5.75 Å². The lowest BCUT2D eigenvalue weighted by Crippen LogP contribution is -2.39. The van der Waals surface area contributed by atoms with E-state index in [9.17, 15) is 14.4 Å². The molecule has 1 aromatic carbocycles. The molecular formula is C19H25N3O4. The van der Waals surface area contributed by atoms with Gasteiger partial charge in [0.25, 0.3) is 5.91 Å². The van der Waals surface area contributed by atoms with E-state index < -0.39 is 12.1 Å². The Kier molecular flexibility index (Phi) is 5.75. The molecule has 1 aliphatic carbocycles. The number of nitrogens with one attached hydrogen (secondary N) is 2. The van der Waals surface area contributed by atoms with Crippen LogP contribution in [0, 0.1) is 0 Å². The van der Waals surface area contributed by atoms with Crippen molar-refractivity contribution in [2.45, 2.75) is 50.6 Å². The van der Waals surface area contributed by atoms with Crippen LogP contribution >= 0.6 is 0 Å². The van der Waals surface area contributed by atoms with Gasteiger partial charge in [0, 0.05) is 12.6 Å². The summed E-state index contributed by atoms with van der Waals surface area (Å²) in [6.07, 6.45) is 4.80. The first-order valence-corrected chi connectivity index (χ1v) is 9.11. The Morgan fingerprint density at radius 3 is 2.58 bits per heavy atom. The fraction of sp³-hybridized carbons (Fsp3) is 0.526. The van der Waals surface area contributed by atoms with Crippen molar-refractivity contribution in [1.82, 2.24) is 15.5 Å². The second-order valence-corrected chi connectivity index (χ2v) is 6.84. The molecule has 1 heterocycles. The molecule has 1 atom stereocenters. The Bertz CT molecular complexity index is 668. The summed E-state index contributed by atoms with van der Waals surface area (Å²) < 4.78 is 5.11. The maximum atomic E-state index is 12.5. The highest BCUT2D eigenvalue weighted by molar-refractivity contribution is 6.05. The summed E-state index contributed by atoms with van der Waals surface area (Å²) in [5, 5.41) is 5.57. The van der Waals surface area contributed by atoms with Crippen LogP contribution < -0.4 is 15.4 Å². The molecule has 26 heavy (non-hydrogen) atoms. The maximum absolute atomic E-state index is 12.5. The van der Waals surface area contributed by atoms with Gasteiger partial charge < -0.3 is 15.4 Å². The number of hydrogen-bond acceptors (Lipinski definition) is 4. The Hall–Kier alpha value is -2.57. The van der Waals surface area contributed by atoms with Gasteiger partial charge in [-0.2, -0.15) is 0 Å². The molecule has 1 saturated heterocycles. The number of rotatable bonds is 7. The summed E-state index contributed by atoms with van der Waals surface area (Å²) in [6.45, 7) is 0.289. The summed E-state index contributed by atoms with van der Waals surface area (Å²) in [5.74, 6) is 0.259. The smallest absolute Gasteiger partial charge is 0.324 e. The molecule has 1 aromatic rings. The third kappa shape index (κ3) is 4.33. The van der Waals surface area contributed by atoms with Crippen molar-refractivity contribution in [2.24, 2.45) is 0 Å². The van der Waals surface area contributed by atoms with Crippen molar-refractivity contribution in [3.05, 3.63) is 29.8 Å². The highest BCUT2D eigenvalue weighted by Gasteiger charge is 2.38. The van der Waals surface area contributed by atoms with Crippen molar-refractivity contribution >= 4 is 17.8 Å². The molecule has 0 spiro atoms. The van der Waals surface area contributed by atoms with Gasteiger partial charge in [0.2, 0.25) is 5.91 Å². The number of urea groups is 1. The monoisotopic (exact) mass is 359 g/mol. The molecule has 1 aliphatic heterocycles. The molecule has 3 rings (SSSR count). The average molecular weight is 359 g/mol. The van der Waals surface area contributed by atoms with Gasteiger partial charge >= 0.3 is 6.03 Å². The molecular weight excluding hydrogens is 334 g/mol. The highest BCUT2D eigenvalue weighted by atomic mass is 16.5. The number of ether oxygens (including phenoxy) is 1. The predicted molar refractivity (Wildman–Crippen MR) is 95.7 cm³/mol. The molecule has 7 heteroatoms. The van der Waals surface area contributed by atoms with Crippen LogP contribution in [-0.4, -0.2) is 48.5 Å². The van der Waals surface area contributed by atoms with Crippen molar-refractivity contribution < 1.29 is 19.1 Å². The van der Waals surface area contributed by atoms with Gasteiger partial charge in [-0.15, -0.1) is 0 Å². The normalized spacial score (nSPS) is 20.3. The van der Waals surface area contributed by atoms with Crippen molar-refractivity contribution in [3.63, 3.8) is 0 Å². The lowest BCUT2D eigenvalue weighted by molar-refractivity contribution is -0.131. The van der Waals surface area contributed by atoms with Gasteiger partial charge in [-0.25, -0.2) is 4.79 Å². The molecule has 4 amide bonds. The second-order valence-electron chi connectivity index (χ2n) is 6.84. The average Bonchev–Trinajstić information content (AvgIpc) is 3.22. The molecule has 0 radical (unpaired) electrons. The van der Waals surface area contributed by atoms with Gasteiger partial charge in [-0.05, 0) is 37.0 Å². The molecule has 0 aromatic heterocycles. The minimum atomic E-state index is -0.764. The molecule has 2 fully saturated rings. The van der Waals surface area contributed by atoms with Crippen LogP contribution in [0.2, 0.25) is 0 Å². The summed E-state index contributed by atoms with van der Waals surface area (Å²) in [7, 11) is 1.60. The summed E-state index contributed by atoms with van der Waals surface area (Å²) in [4.78, 5) is 37.8. The zero-order valence-electron chi connectivity index (χ0n) is 15.0. The van der Waals surface area contributed by atoms with Gasteiger partial charge in [0.15, 0.2) is 0 Å². The summed E-state index contributed by atoms with van der Waals surface area (Å²) in [5.41, 5.74) is 1.01. The number of nitrogens with zero attached hydrogens (tertiary/aromatic N) is 1. The molecule has 7 nitrogen and oxygen atoms in total. The van der Waals surface area contributed by atoms with E-state index in [1.165, 1.54) is 4.90 Å². The Balaban J connectivity index is 1.50. The second kappa shape index (κ2) is 8.21. The number of imide groups is 1. The summed E-state index contributed by atoms with van der Waals surface area (Å²) in [6, 6.07) is 6.52. The fourth-order valence-electron chi connectivity index (χ4n) is 3.50. The number of benzene rings is 1. The van der Waals surface area contributed by atoms with E-state index in [1.54, 1.807) is 7.11 Å². The van der Waals surface area contributed by atoms with Gasteiger partial charge in [0.05, 0.1) is 13.5 Å². The van der Waals surface area contributed by atoms with Gasteiger partial charge in [-0.1, -0.05) is 25.0 Å². The first-order valence-electron chi connectivity index (χ1n) is 9.11. The van der Waals surface area contributed by atoms with E-state index in [4.69, 9.17) is 4.74 Å². The largest absolute Gasteiger partial charge is 0.497 e. The Morgan fingerprint density at radius 1 is 1.23 bits per heavy atom. The van der Waals surface area contributed by atoms with E-state index in [1.807, 2.05) is 24.3 Å². The van der Waals surface area contributed by atoms with E-state index in [2.05, 4.69) is 10.6 Å². The van der Waals surface area contributed by atoms with Crippen LogP contribution in [0.4, 0.5) is 4.79 Å². The number of hydrogen-bond donors (Lipinski definition) is 2. The van der Waals surface area contributed by atoms with E-state index in [0.29, 0.717) is 6.42 Å². The fourth-order valence-corrected chi connectivity index (χ4v) is 3.50. The molecule has 0 unspecified atom stereocenters. The SMILES string of the molecule is COc1ccc(CCN2C(=O)N[C@@H](CC(=O)NC3CCCC3)C2=O)cc1. The third-order valence-electron chi connectivity index (χ3n) is 5.00. The van der Waals surface area contributed by atoms with Crippen LogP contribution in [0.25, 0.3) is 0 Å². The summed E-state index contributed by atoms with van der Waals surface area (Å²) >= 11 is 0. The number of carbonyl (C=O) groups excluding carboxylic acids is 3. The van der Waals surface area contributed by atoms with Crippen LogP contribution in [0.3, 0.4) is 0 Å². The van der Waals surface area contributed by atoms with Crippen LogP contribution in [0.15, 0.2) is 24.3 Å².